The van der Waals surface area contributed by atoms with Crippen LogP contribution in [0.25, 0.3) is 11.1 Å². The molecule has 2 rings (SSSR count). The number of alkyl halides is 3. The van der Waals surface area contributed by atoms with Crippen molar-refractivity contribution in [2.45, 2.75) is 19.5 Å². The van der Waals surface area contributed by atoms with Gasteiger partial charge in [-0.1, -0.05) is 25.1 Å². The number of rotatable bonds is 5. The number of aromatic hydroxyl groups is 1. The average Bonchev–Trinajstić information content (AvgIpc) is 2.83. The number of furan rings is 1. The zero-order valence-electron chi connectivity index (χ0n) is 12.9. The molecule has 0 atom stereocenters. The first kappa shape index (κ1) is 17.0. The van der Waals surface area contributed by atoms with Gasteiger partial charge in [0.05, 0.1) is 11.1 Å². The molecular weight excluding hydrogens is 307 g/mol. The van der Waals surface area contributed by atoms with Crippen molar-refractivity contribution in [1.29, 1.82) is 0 Å². The highest BCUT2D eigenvalue weighted by Crippen LogP contribution is 2.44. The lowest BCUT2D eigenvalue weighted by Gasteiger charge is -2.16. The molecule has 0 radical (unpaired) electrons. The highest BCUT2D eigenvalue weighted by atomic mass is 19.4. The predicted octanol–water partition coefficient (Wildman–Crippen LogP) is 4.86. The molecule has 0 saturated heterocycles. The maximum absolute atomic E-state index is 12.9. The number of hydrogen-bond acceptors (Lipinski definition) is 3. The van der Waals surface area contributed by atoms with E-state index in [4.69, 9.17) is 4.42 Å². The third kappa shape index (κ3) is 3.36. The quantitative estimate of drug-likeness (QED) is 0.798. The highest BCUT2D eigenvalue weighted by molar-refractivity contribution is 5.82. The van der Waals surface area contributed by atoms with Gasteiger partial charge in [0, 0.05) is 20.0 Å². The number of aryl methyl sites for hydroxylation is 1. The zero-order valence-corrected chi connectivity index (χ0v) is 12.9. The summed E-state index contributed by atoms with van der Waals surface area (Å²) in [5.41, 5.74) is -0.255. The fourth-order valence-electron chi connectivity index (χ4n) is 2.35. The van der Waals surface area contributed by atoms with E-state index in [-0.39, 0.29) is 16.9 Å². The molecule has 0 saturated carbocycles. The fraction of sp³-hybridized carbons (Fsp3) is 0.294. The molecule has 1 aromatic carbocycles. The van der Waals surface area contributed by atoms with Crippen LogP contribution in [-0.4, -0.2) is 18.7 Å². The van der Waals surface area contributed by atoms with Crippen LogP contribution in [0.2, 0.25) is 0 Å². The Morgan fingerprint density at radius 1 is 1.35 bits per heavy atom. The van der Waals surface area contributed by atoms with Crippen LogP contribution >= 0.6 is 0 Å². The molecule has 0 aliphatic heterocycles. The molecule has 0 aliphatic rings. The Labute approximate surface area is 132 Å². The minimum Gasteiger partial charge on any atom is -0.504 e. The maximum atomic E-state index is 12.9. The van der Waals surface area contributed by atoms with Gasteiger partial charge in [0.15, 0.2) is 5.75 Å². The molecule has 0 aliphatic carbocycles. The first-order valence-electron chi connectivity index (χ1n) is 7.13. The van der Waals surface area contributed by atoms with Gasteiger partial charge in [-0.3, -0.25) is 0 Å². The molecule has 1 N–H and O–H groups in total. The van der Waals surface area contributed by atoms with Crippen LogP contribution in [0.1, 0.15) is 18.2 Å². The number of nitrogens with zero attached hydrogens (tertiary/aromatic N) is 1. The van der Waals surface area contributed by atoms with E-state index in [9.17, 15) is 18.3 Å². The maximum Gasteiger partial charge on any atom is 0.416 e. The summed E-state index contributed by atoms with van der Waals surface area (Å²) in [6.07, 6.45) is -2.38. The molecule has 23 heavy (non-hydrogen) atoms. The minimum atomic E-state index is -4.45. The van der Waals surface area contributed by atoms with E-state index < -0.39 is 11.7 Å². The van der Waals surface area contributed by atoms with Gasteiger partial charge in [-0.05, 0) is 17.7 Å². The topological polar surface area (TPSA) is 36.6 Å². The molecule has 0 amide bonds. The second kappa shape index (κ2) is 6.40. The third-order valence-corrected chi connectivity index (χ3v) is 3.48. The van der Waals surface area contributed by atoms with Gasteiger partial charge in [0.2, 0.25) is 5.88 Å². The van der Waals surface area contributed by atoms with Crippen LogP contribution in [-0.2, 0) is 12.6 Å². The summed E-state index contributed by atoms with van der Waals surface area (Å²) in [6, 6.07) is 4.84. The molecule has 6 heteroatoms. The monoisotopic (exact) mass is 325 g/mol. The SMILES string of the molecule is C=CCN(C)c1oc(CC)c(O)c1-c1cccc(C(F)(F)F)c1. The van der Waals surface area contributed by atoms with E-state index in [1.165, 1.54) is 12.1 Å². The van der Waals surface area contributed by atoms with Gasteiger partial charge in [-0.15, -0.1) is 6.58 Å². The summed E-state index contributed by atoms with van der Waals surface area (Å²) in [5.74, 6) is 0.527. The van der Waals surface area contributed by atoms with Crippen LogP contribution in [0, 0.1) is 0 Å². The standard InChI is InChI=1S/C17H18F3NO2/c1-4-9-21(3)16-14(15(22)13(5-2)23-16)11-7-6-8-12(10-11)17(18,19)20/h4,6-8,10,22H,1,5,9H2,2-3H3. The van der Waals surface area contributed by atoms with Gasteiger partial charge in [0.1, 0.15) is 5.76 Å². The van der Waals surface area contributed by atoms with E-state index in [0.717, 1.165) is 12.1 Å². The number of hydrogen-bond donors (Lipinski definition) is 1. The van der Waals surface area contributed by atoms with Gasteiger partial charge in [0.25, 0.3) is 0 Å². The Hall–Kier alpha value is -2.37. The summed E-state index contributed by atoms with van der Waals surface area (Å²) in [5, 5.41) is 10.3. The normalized spacial score (nSPS) is 11.5. The van der Waals surface area contributed by atoms with E-state index in [1.807, 2.05) is 0 Å². The summed E-state index contributed by atoms with van der Waals surface area (Å²) in [4.78, 5) is 1.68. The first-order chi connectivity index (χ1) is 10.8. The highest BCUT2D eigenvalue weighted by Gasteiger charge is 2.31. The molecule has 3 nitrogen and oxygen atoms in total. The Kier molecular flexibility index (Phi) is 4.73. The Balaban J connectivity index is 2.62. The summed E-state index contributed by atoms with van der Waals surface area (Å²) < 4.78 is 44.4. The van der Waals surface area contributed by atoms with Crippen LogP contribution in [0.3, 0.4) is 0 Å². The van der Waals surface area contributed by atoms with Crippen molar-refractivity contribution >= 4 is 5.88 Å². The molecule has 0 unspecified atom stereocenters. The second-order valence-corrected chi connectivity index (χ2v) is 5.16. The molecular formula is C17H18F3NO2. The zero-order chi connectivity index (χ0) is 17.2. The first-order valence-corrected chi connectivity index (χ1v) is 7.13. The number of anilines is 1. The number of benzene rings is 1. The van der Waals surface area contributed by atoms with Gasteiger partial charge >= 0.3 is 6.18 Å². The molecule has 0 fully saturated rings. The summed E-state index contributed by atoms with van der Waals surface area (Å²) >= 11 is 0. The Morgan fingerprint density at radius 2 is 2.04 bits per heavy atom. The lowest BCUT2D eigenvalue weighted by atomic mass is 10.0. The van der Waals surface area contributed by atoms with E-state index in [0.29, 0.717) is 24.6 Å². The van der Waals surface area contributed by atoms with Crippen molar-refractivity contribution in [1.82, 2.24) is 0 Å². The van der Waals surface area contributed by atoms with Gasteiger partial charge < -0.3 is 14.4 Å². The summed E-state index contributed by atoms with van der Waals surface area (Å²) in [7, 11) is 1.72. The second-order valence-electron chi connectivity index (χ2n) is 5.16. The molecule has 124 valence electrons. The Morgan fingerprint density at radius 3 is 2.61 bits per heavy atom. The van der Waals surface area contributed by atoms with Crippen molar-refractivity contribution in [2.75, 3.05) is 18.5 Å². The average molecular weight is 325 g/mol. The number of halogens is 3. The summed E-state index contributed by atoms with van der Waals surface area (Å²) in [6.45, 7) is 5.86. The molecule has 1 aromatic heterocycles. The molecule has 2 aromatic rings. The molecule has 1 heterocycles. The Bertz CT molecular complexity index is 704. The van der Waals surface area contributed by atoms with Gasteiger partial charge in [-0.25, -0.2) is 0 Å². The van der Waals surface area contributed by atoms with Crippen LogP contribution < -0.4 is 4.90 Å². The smallest absolute Gasteiger partial charge is 0.416 e. The van der Waals surface area contributed by atoms with E-state index >= 15 is 0 Å². The molecule has 0 spiro atoms. The van der Waals surface area contributed by atoms with E-state index in [1.54, 1.807) is 24.9 Å². The van der Waals surface area contributed by atoms with E-state index in [2.05, 4.69) is 6.58 Å². The van der Waals surface area contributed by atoms with Crippen molar-refractivity contribution < 1.29 is 22.7 Å². The fourth-order valence-corrected chi connectivity index (χ4v) is 2.35. The van der Waals surface area contributed by atoms with Crippen molar-refractivity contribution in [3.05, 3.63) is 48.2 Å². The van der Waals surface area contributed by atoms with Crippen molar-refractivity contribution in [3.63, 3.8) is 0 Å². The minimum absolute atomic E-state index is 0.127. The predicted molar refractivity (Wildman–Crippen MR) is 83.7 cm³/mol. The third-order valence-electron chi connectivity index (χ3n) is 3.48. The van der Waals surface area contributed by atoms with Crippen molar-refractivity contribution in [2.24, 2.45) is 0 Å². The lowest BCUT2D eigenvalue weighted by Crippen LogP contribution is -2.16. The van der Waals surface area contributed by atoms with Crippen molar-refractivity contribution in [3.8, 4) is 16.9 Å². The largest absolute Gasteiger partial charge is 0.504 e. The lowest BCUT2D eigenvalue weighted by molar-refractivity contribution is -0.137. The van der Waals surface area contributed by atoms with Crippen LogP contribution in [0.15, 0.2) is 41.3 Å². The van der Waals surface area contributed by atoms with Crippen LogP contribution in [0.5, 0.6) is 5.75 Å². The number of likely N-dealkylation sites (N-methyl/N-ethyl adjacent to an activating group) is 1. The van der Waals surface area contributed by atoms with Crippen LogP contribution in [0.4, 0.5) is 19.1 Å². The molecule has 0 bridgehead atoms. The van der Waals surface area contributed by atoms with Gasteiger partial charge in [-0.2, -0.15) is 13.2 Å².